The van der Waals surface area contributed by atoms with Crippen molar-refractivity contribution in [2.75, 3.05) is 0 Å². The number of hydrogen-bond donors (Lipinski definition) is 3. The van der Waals surface area contributed by atoms with Gasteiger partial charge in [-0.1, -0.05) is 31.4 Å². The van der Waals surface area contributed by atoms with Gasteiger partial charge in [-0.05, 0) is 55.7 Å². The van der Waals surface area contributed by atoms with Crippen molar-refractivity contribution in [1.29, 1.82) is 5.26 Å². The molecule has 0 atom stereocenters. The molecule has 0 radical (unpaired) electrons. The average Bonchev–Trinajstić information content (AvgIpc) is 2.81. The Morgan fingerprint density at radius 1 is 1.12 bits per heavy atom. The monoisotopic (exact) mass is 432 g/mol. The van der Waals surface area contributed by atoms with E-state index in [1.165, 1.54) is 31.4 Å². The van der Waals surface area contributed by atoms with Gasteiger partial charge in [0.15, 0.2) is 0 Å². The molecule has 1 fully saturated rings. The minimum Gasteiger partial charge on any atom is -0.508 e. The van der Waals surface area contributed by atoms with E-state index >= 15 is 0 Å². The van der Waals surface area contributed by atoms with Crippen LogP contribution in [0, 0.1) is 11.3 Å². The third-order valence-electron chi connectivity index (χ3n) is 5.45. The lowest BCUT2D eigenvalue weighted by molar-refractivity contribution is -0.122. The molecule has 1 saturated carbocycles. The van der Waals surface area contributed by atoms with Gasteiger partial charge in [0.2, 0.25) is 5.91 Å². The van der Waals surface area contributed by atoms with Crippen molar-refractivity contribution in [3.63, 3.8) is 0 Å². The molecule has 0 spiro atoms. The largest absolute Gasteiger partial charge is 0.508 e. The van der Waals surface area contributed by atoms with Gasteiger partial charge in [0.25, 0.3) is 5.56 Å². The number of para-hydroxylation sites is 1. The molecule has 1 heterocycles. The van der Waals surface area contributed by atoms with Crippen LogP contribution in [0.15, 0.2) is 53.3 Å². The number of nitrogens with one attached hydrogen (secondary N) is 2. The van der Waals surface area contributed by atoms with Crippen LogP contribution in [0.2, 0.25) is 0 Å². The second kappa shape index (κ2) is 11.7. The van der Waals surface area contributed by atoms with Gasteiger partial charge in [-0.3, -0.25) is 9.59 Å². The highest BCUT2D eigenvalue weighted by Crippen LogP contribution is 2.17. The molecule has 32 heavy (non-hydrogen) atoms. The van der Waals surface area contributed by atoms with Crippen LogP contribution < -0.4 is 10.9 Å². The van der Waals surface area contributed by atoms with E-state index in [4.69, 9.17) is 10.4 Å². The molecule has 3 N–H and O–H groups in total. The lowest BCUT2D eigenvalue weighted by Crippen LogP contribution is -2.36. The van der Waals surface area contributed by atoms with Crippen LogP contribution >= 0.6 is 0 Å². The minimum absolute atomic E-state index is 0.111. The topological polar surface area (TPSA) is 119 Å². The van der Waals surface area contributed by atoms with Crippen LogP contribution in [0.25, 0.3) is 10.9 Å². The van der Waals surface area contributed by atoms with Gasteiger partial charge in [0.1, 0.15) is 11.6 Å². The third-order valence-corrected chi connectivity index (χ3v) is 5.45. The molecule has 3 aromatic rings. The summed E-state index contributed by atoms with van der Waals surface area (Å²) in [5, 5.41) is 20.8. The Labute approximate surface area is 187 Å². The molecule has 7 heteroatoms. The van der Waals surface area contributed by atoms with Gasteiger partial charge in [0.05, 0.1) is 22.5 Å². The molecule has 0 saturated heterocycles. The number of aromatic nitrogens is 2. The number of nitrogens with zero attached hydrogens (tertiary/aromatic N) is 2. The van der Waals surface area contributed by atoms with Gasteiger partial charge >= 0.3 is 0 Å². The molecule has 4 rings (SSSR count). The quantitative estimate of drug-likeness (QED) is 0.564. The van der Waals surface area contributed by atoms with Gasteiger partial charge in [-0.25, -0.2) is 4.98 Å². The van der Waals surface area contributed by atoms with E-state index in [2.05, 4.69) is 15.3 Å². The number of carbonyl (C=O) groups excluding carboxylic acids is 1. The minimum atomic E-state index is -0.114. The number of benzene rings is 2. The highest BCUT2D eigenvalue weighted by molar-refractivity contribution is 5.77. The molecule has 1 aliphatic carbocycles. The maximum absolute atomic E-state index is 12.0. The lowest BCUT2D eigenvalue weighted by atomic mass is 9.95. The summed E-state index contributed by atoms with van der Waals surface area (Å²) in [5.41, 5.74) is 1.16. The summed E-state index contributed by atoms with van der Waals surface area (Å²) in [6, 6.07) is 15.7. The molecule has 1 aliphatic rings. The van der Waals surface area contributed by atoms with Crippen molar-refractivity contribution >= 4 is 16.8 Å². The number of aryl methyl sites for hydroxylation is 1. The molecule has 166 valence electrons. The van der Waals surface area contributed by atoms with Gasteiger partial charge < -0.3 is 15.4 Å². The molecule has 7 nitrogen and oxygen atoms in total. The number of phenols is 1. The number of amides is 1. The van der Waals surface area contributed by atoms with Gasteiger partial charge in [0, 0.05) is 18.9 Å². The number of hydrogen-bond acceptors (Lipinski definition) is 5. The average molecular weight is 433 g/mol. The van der Waals surface area contributed by atoms with Crippen molar-refractivity contribution < 1.29 is 9.90 Å². The summed E-state index contributed by atoms with van der Waals surface area (Å²) >= 11 is 0. The van der Waals surface area contributed by atoms with E-state index < -0.39 is 0 Å². The highest BCUT2D eigenvalue weighted by Gasteiger charge is 2.15. The molecule has 0 aliphatic heterocycles. The van der Waals surface area contributed by atoms with E-state index in [1.54, 1.807) is 18.2 Å². The molecule has 0 bridgehead atoms. The summed E-state index contributed by atoms with van der Waals surface area (Å²) in [6.45, 7) is 0. The first kappa shape index (κ1) is 23.0. The van der Waals surface area contributed by atoms with Crippen LogP contribution in [-0.2, 0) is 11.2 Å². The lowest BCUT2D eigenvalue weighted by Gasteiger charge is -2.22. The van der Waals surface area contributed by atoms with Gasteiger partial charge in [-0.2, -0.15) is 5.26 Å². The zero-order valence-electron chi connectivity index (χ0n) is 18.0. The zero-order valence-corrected chi connectivity index (χ0v) is 18.0. The van der Waals surface area contributed by atoms with Crippen molar-refractivity contribution in [1.82, 2.24) is 15.3 Å². The summed E-state index contributed by atoms with van der Waals surface area (Å²) in [5.74, 6) is 0.952. The number of carbonyl (C=O) groups is 1. The molecular weight excluding hydrogens is 404 g/mol. The number of rotatable bonds is 5. The van der Waals surface area contributed by atoms with E-state index in [1.807, 2.05) is 24.3 Å². The van der Waals surface area contributed by atoms with Crippen molar-refractivity contribution in [3.8, 4) is 11.8 Å². The van der Waals surface area contributed by atoms with Crippen LogP contribution in [0.5, 0.6) is 5.75 Å². The smallest absolute Gasteiger partial charge is 0.258 e. The van der Waals surface area contributed by atoms with Crippen molar-refractivity contribution in [2.45, 2.75) is 57.4 Å². The zero-order chi connectivity index (χ0) is 22.8. The van der Waals surface area contributed by atoms with Crippen LogP contribution in [-0.4, -0.2) is 27.0 Å². The molecule has 0 unspecified atom stereocenters. The molecular formula is C25H28N4O3. The van der Waals surface area contributed by atoms with E-state index in [0.717, 1.165) is 12.8 Å². The van der Waals surface area contributed by atoms with E-state index in [9.17, 15) is 9.59 Å². The number of phenolic OH excluding ortho intramolecular Hbond substituents is 1. The summed E-state index contributed by atoms with van der Waals surface area (Å²) in [4.78, 5) is 31.2. The Balaban J connectivity index is 0.000000269. The van der Waals surface area contributed by atoms with E-state index in [-0.39, 0.29) is 17.2 Å². The Kier molecular flexibility index (Phi) is 8.38. The highest BCUT2D eigenvalue weighted by atomic mass is 16.3. The standard InChI is InChI=1S/C18H23N3O2.C7H5NO/c22-17(19-13-7-2-1-3-8-13)12-6-11-16-20-15-10-5-4-9-14(15)18(23)21-16;8-5-6-1-3-7(9)4-2-6/h4-5,9-10,13H,1-3,6-8,11-12H2,(H,19,22)(H,20,21,23);1-4,9H. The van der Waals surface area contributed by atoms with Crippen LogP contribution in [0.1, 0.15) is 56.3 Å². The second-order valence-electron chi connectivity index (χ2n) is 7.94. The summed E-state index contributed by atoms with van der Waals surface area (Å²) in [7, 11) is 0. The normalized spacial score (nSPS) is 13.6. The number of aromatic hydroxyl groups is 1. The number of H-pyrrole nitrogens is 1. The fourth-order valence-electron chi connectivity index (χ4n) is 3.75. The first-order valence-electron chi connectivity index (χ1n) is 11.0. The predicted octanol–water partition coefficient (Wildman–Crippen LogP) is 3.96. The first-order chi connectivity index (χ1) is 15.5. The van der Waals surface area contributed by atoms with Crippen molar-refractivity contribution in [2.24, 2.45) is 0 Å². The first-order valence-corrected chi connectivity index (χ1v) is 11.0. The van der Waals surface area contributed by atoms with Crippen LogP contribution in [0.4, 0.5) is 0 Å². The summed E-state index contributed by atoms with van der Waals surface area (Å²) in [6.07, 6.45) is 7.70. The maximum atomic E-state index is 12.0. The Morgan fingerprint density at radius 3 is 2.56 bits per heavy atom. The second-order valence-corrected chi connectivity index (χ2v) is 7.94. The van der Waals surface area contributed by atoms with E-state index in [0.29, 0.717) is 47.6 Å². The van der Waals surface area contributed by atoms with Crippen LogP contribution in [0.3, 0.4) is 0 Å². The molecule has 1 amide bonds. The Morgan fingerprint density at radius 2 is 1.84 bits per heavy atom. The predicted molar refractivity (Wildman–Crippen MR) is 123 cm³/mol. The summed E-state index contributed by atoms with van der Waals surface area (Å²) < 4.78 is 0. The van der Waals surface area contributed by atoms with Gasteiger partial charge in [-0.15, -0.1) is 0 Å². The maximum Gasteiger partial charge on any atom is 0.258 e. The fraction of sp³-hybridized carbons (Fsp3) is 0.360. The molecule has 1 aromatic heterocycles. The fourth-order valence-corrected chi connectivity index (χ4v) is 3.75. The third kappa shape index (κ3) is 6.95. The number of fused-ring (bicyclic) bond motifs is 1. The Hall–Kier alpha value is -3.66. The number of aromatic amines is 1. The molecule has 2 aromatic carbocycles. The Bertz CT molecular complexity index is 1130. The van der Waals surface area contributed by atoms with Crippen molar-refractivity contribution in [3.05, 3.63) is 70.3 Å². The number of nitriles is 1. The SMILES string of the molecule is N#Cc1ccc(O)cc1.O=C(CCCc1nc2ccccc2c(=O)[nH]1)NC1CCCCC1.